The molecule has 0 fully saturated rings. The highest BCUT2D eigenvalue weighted by Gasteiger charge is 2.07. The molecule has 0 aliphatic carbocycles. The molecule has 0 radical (unpaired) electrons. The Bertz CT molecular complexity index is 681. The van der Waals surface area contributed by atoms with Gasteiger partial charge in [0.1, 0.15) is 6.67 Å². The lowest BCUT2D eigenvalue weighted by molar-refractivity contribution is 0.495. The maximum Gasteiger partial charge on any atom is 0.134 e. The predicted octanol–water partition coefficient (Wildman–Crippen LogP) is 2.26. The van der Waals surface area contributed by atoms with Crippen LogP contribution in [0, 0.1) is 13.8 Å². The highest BCUT2D eigenvalue weighted by atomic mass is 15.4. The van der Waals surface area contributed by atoms with Gasteiger partial charge in [0.2, 0.25) is 0 Å². The molecule has 0 saturated carbocycles. The lowest BCUT2D eigenvalue weighted by Gasteiger charge is -2.09. The minimum absolute atomic E-state index is 0.608. The summed E-state index contributed by atoms with van der Waals surface area (Å²) in [5.74, 6) is 0. The fourth-order valence-corrected chi connectivity index (χ4v) is 2.15. The number of aryl methyl sites for hydroxylation is 2. The second-order valence-electron chi connectivity index (χ2n) is 4.53. The lowest BCUT2D eigenvalue weighted by atomic mass is 10.2. The molecule has 3 aromatic heterocycles. The van der Waals surface area contributed by atoms with Crippen LogP contribution in [0.5, 0.6) is 0 Å². The van der Waals surface area contributed by atoms with Crippen LogP contribution in [0.2, 0.25) is 0 Å². The van der Waals surface area contributed by atoms with Crippen LogP contribution >= 0.6 is 0 Å². The second kappa shape index (κ2) is 4.68. The molecule has 3 rings (SSSR count). The van der Waals surface area contributed by atoms with Crippen LogP contribution in [0.3, 0.4) is 0 Å². The van der Waals surface area contributed by atoms with E-state index in [-0.39, 0.29) is 0 Å². The number of aromatic nitrogens is 5. The number of hydrogen-bond donors (Lipinski definition) is 0. The summed E-state index contributed by atoms with van der Waals surface area (Å²) in [5.41, 5.74) is 4.25. The van der Waals surface area contributed by atoms with Gasteiger partial charge in [-0.05, 0) is 38.1 Å². The van der Waals surface area contributed by atoms with Crippen molar-refractivity contribution >= 4 is 0 Å². The third kappa shape index (κ3) is 2.27. The summed E-state index contributed by atoms with van der Waals surface area (Å²) in [6, 6.07) is 8.01. The van der Waals surface area contributed by atoms with Gasteiger partial charge < -0.3 is 0 Å². The van der Waals surface area contributed by atoms with E-state index in [1.165, 1.54) is 0 Å². The molecular weight excluding hydrogens is 238 g/mol. The molecule has 0 N–H and O–H groups in total. The summed E-state index contributed by atoms with van der Waals surface area (Å²) in [6.45, 7) is 4.65. The molecule has 19 heavy (non-hydrogen) atoms. The van der Waals surface area contributed by atoms with E-state index in [0.29, 0.717) is 6.67 Å². The Balaban J connectivity index is 1.95. The molecule has 3 aromatic rings. The van der Waals surface area contributed by atoms with Crippen molar-refractivity contribution in [2.75, 3.05) is 0 Å². The van der Waals surface area contributed by atoms with Gasteiger partial charge in [0, 0.05) is 29.8 Å². The summed E-state index contributed by atoms with van der Waals surface area (Å²) in [5, 5.41) is 8.83. The van der Waals surface area contributed by atoms with Crippen LogP contribution in [-0.4, -0.2) is 24.5 Å². The standard InChI is InChI=1S/C14H15N5/c1-11-8-12(2)18(17-11)10-19-14(5-7-16-19)13-4-3-6-15-9-13/h3-9H,10H2,1-2H3. The lowest BCUT2D eigenvalue weighted by Crippen LogP contribution is -2.13. The molecule has 0 unspecified atom stereocenters. The van der Waals surface area contributed by atoms with Gasteiger partial charge in [-0.1, -0.05) is 0 Å². The fourth-order valence-electron chi connectivity index (χ4n) is 2.15. The van der Waals surface area contributed by atoms with E-state index in [0.717, 1.165) is 22.6 Å². The van der Waals surface area contributed by atoms with E-state index in [9.17, 15) is 0 Å². The maximum absolute atomic E-state index is 4.46. The largest absolute Gasteiger partial charge is 0.264 e. The Hall–Kier alpha value is -2.43. The molecule has 3 heterocycles. The normalized spacial score (nSPS) is 10.8. The smallest absolute Gasteiger partial charge is 0.134 e. The number of pyridine rings is 1. The van der Waals surface area contributed by atoms with E-state index >= 15 is 0 Å². The SMILES string of the molecule is Cc1cc(C)n(Cn2nccc2-c2cccnc2)n1. The van der Waals surface area contributed by atoms with Gasteiger partial charge in [-0.3, -0.25) is 4.98 Å². The monoisotopic (exact) mass is 253 g/mol. The summed E-state index contributed by atoms with van der Waals surface area (Å²) in [4.78, 5) is 4.15. The van der Waals surface area contributed by atoms with Gasteiger partial charge in [-0.2, -0.15) is 10.2 Å². The molecule has 0 saturated heterocycles. The van der Waals surface area contributed by atoms with E-state index in [1.54, 1.807) is 12.4 Å². The van der Waals surface area contributed by atoms with Gasteiger partial charge in [0.25, 0.3) is 0 Å². The van der Waals surface area contributed by atoms with E-state index in [2.05, 4.69) is 21.2 Å². The number of nitrogens with zero attached hydrogens (tertiary/aromatic N) is 5. The van der Waals surface area contributed by atoms with E-state index in [4.69, 9.17) is 0 Å². The Morgan fingerprint density at radius 1 is 1.11 bits per heavy atom. The van der Waals surface area contributed by atoms with Crippen LogP contribution in [-0.2, 0) is 6.67 Å². The van der Waals surface area contributed by atoms with E-state index in [1.807, 2.05) is 47.6 Å². The third-order valence-electron chi connectivity index (χ3n) is 3.05. The van der Waals surface area contributed by atoms with Gasteiger partial charge in [0.15, 0.2) is 0 Å². The van der Waals surface area contributed by atoms with Gasteiger partial charge in [-0.15, -0.1) is 0 Å². The zero-order valence-corrected chi connectivity index (χ0v) is 11.0. The van der Waals surface area contributed by atoms with Crippen molar-refractivity contribution in [2.45, 2.75) is 20.5 Å². The molecule has 0 bridgehead atoms. The molecule has 5 nitrogen and oxygen atoms in total. The van der Waals surface area contributed by atoms with Gasteiger partial charge in [-0.25, -0.2) is 9.36 Å². The quantitative estimate of drug-likeness (QED) is 0.719. The summed E-state index contributed by atoms with van der Waals surface area (Å²) in [7, 11) is 0. The average molecular weight is 253 g/mol. The molecule has 96 valence electrons. The van der Waals surface area contributed by atoms with Crippen LogP contribution in [0.1, 0.15) is 11.4 Å². The van der Waals surface area contributed by atoms with Gasteiger partial charge in [0.05, 0.1) is 11.4 Å². The third-order valence-corrected chi connectivity index (χ3v) is 3.05. The van der Waals surface area contributed by atoms with Crippen molar-refractivity contribution in [3.05, 3.63) is 54.2 Å². The molecule has 0 amide bonds. The average Bonchev–Trinajstić information content (AvgIpc) is 2.98. The zero-order chi connectivity index (χ0) is 13.2. The Morgan fingerprint density at radius 3 is 2.68 bits per heavy atom. The maximum atomic E-state index is 4.46. The first-order valence-electron chi connectivity index (χ1n) is 6.17. The summed E-state index contributed by atoms with van der Waals surface area (Å²) in [6.07, 6.45) is 5.41. The molecule has 0 aliphatic heterocycles. The number of rotatable bonds is 3. The minimum Gasteiger partial charge on any atom is -0.264 e. The highest BCUT2D eigenvalue weighted by Crippen LogP contribution is 2.17. The van der Waals surface area contributed by atoms with Crippen LogP contribution < -0.4 is 0 Å². The first-order chi connectivity index (χ1) is 9.24. The molecular formula is C14H15N5. The second-order valence-corrected chi connectivity index (χ2v) is 4.53. The summed E-state index contributed by atoms with van der Waals surface area (Å²) >= 11 is 0. The number of hydrogen-bond acceptors (Lipinski definition) is 3. The fraction of sp³-hybridized carbons (Fsp3) is 0.214. The Morgan fingerprint density at radius 2 is 2.00 bits per heavy atom. The topological polar surface area (TPSA) is 48.5 Å². The Kier molecular flexibility index (Phi) is 2.87. The first-order valence-corrected chi connectivity index (χ1v) is 6.17. The van der Waals surface area contributed by atoms with Gasteiger partial charge >= 0.3 is 0 Å². The van der Waals surface area contributed by atoms with Crippen molar-refractivity contribution in [1.82, 2.24) is 24.5 Å². The highest BCUT2D eigenvalue weighted by molar-refractivity contribution is 5.57. The molecule has 0 aliphatic rings. The predicted molar refractivity (Wildman–Crippen MR) is 72.6 cm³/mol. The van der Waals surface area contributed by atoms with Crippen molar-refractivity contribution in [3.8, 4) is 11.3 Å². The minimum atomic E-state index is 0.608. The summed E-state index contributed by atoms with van der Waals surface area (Å²) < 4.78 is 3.87. The molecule has 5 heteroatoms. The molecule has 0 atom stereocenters. The van der Waals surface area contributed by atoms with Crippen LogP contribution in [0.25, 0.3) is 11.3 Å². The molecule has 0 spiro atoms. The van der Waals surface area contributed by atoms with Crippen LogP contribution in [0.4, 0.5) is 0 Å². The Labute approximate surface area is 111 Å². The van der Waals surface area contributed by atoms with Crippen molar-refractivity contribution < 1.29 is 0 Å². The zero-order valence-electron chi connectivity index (χ0n) is 11.0. The van der Waals surface area contributed by atoms with E-state index < -0.39 is 0 Å². The van der Waals surface area contributed by atoms with Crippen molar-refractivity contribution in [2.24, 2.45) is 0 Å². The van der Waals surface area contributed by atoms with Crippen LogP contribution in [0.15, 0.2) is 42.9 Å². The first kappa shape index (κ1) is 11.6. The molecule has 0 aromatic carbocycles. The van der Waals surface area contributed by atoms with Crippen molar-refractivity contribution in [1.29, 1.82) is 0 Å². The van der Waals surface area contributed by atoms with Crippen molar-refractivity contribution in [3.63, 3.8) is 0 Å².